The Morgan fingerprint density at radius 1 is 1.69 bits per heavy atom. The molecule has 0 aliphatic carbocycles. The largest absolute Gasteiger partial charge is 0.372 e. The monoisotopic (exact) mass is 261 g/mol. The van der Waals surface area contributed by atoms with E-state index in [9.17, 15) is 0 Å². The average Bonchev–Trinajstić information content (AvgIpc) is 2.71. The maximum atomic E-state index is 5.68. The molecule has 2 nitrogen and oxygen atoms in total. The first-order valence-corrected chi connectivity index (χ1v) is 6.04. The Morgan fingerprint density at radius 3 is 3.15 bits per heavy atom. The molecule has 2 atom stereocenters. The molecular formula is C9H12BrNOS. The summed E-state index contributed by atoms with van der Waals surface area (Å²) in [7, 11) is 0. The molecule has 0 amide bonds. The summed E-state index contributed by atoms with van der Waals surface area (Å²) < 4.78 is 6.80. The van der Waals surface area contributed by atoms with Gasteiger partial charge in [-0.25, -0.2) is 0 Å². The van der Waals surface area contributed by atoms with E-state index in [4.69, 9.17) is 10.5 Å². The lowest BCUT2D eigenvalue weighted by Crippen LogP contribution is -2.17. The van der Waals surface area contributed by atoms with E-state index >= 15 is 0 Å². The predicted molar refractivity (Wildman–Crippen MR) is 57.9 cm³/mol. The second-order valence-corrected chi connectivity index (χ2v) is 5.10. The molecule has 2 rings (SSSR count). The molecule has 13 heavy (non-hydrogen) atoms. The van der Waals surface area contributed by atoms with E-state index < -0.39 is 0 Å². The van der Waals surface area contributed by atoms with Crippen LogP contribution in [0.1, 0.15) is 17.4 Å². The lowest BCUT2D eigenvalue weighted by molar-refractivity contribution is 0.0953. The number of hydrogen-bond donors (Lipinski definition) is 1. The third-order valence-corrected chi connectivity index (χ3v) is 4.14. The molecule has 1 aromatic rings. The van der Waals surface area contributed by atoms with E-state index in [1.54, 1.807) is 11.3 Å². The number of nitrogens with two attached hydrogens (primary N) is 1. The van der Waals surface area contributed by atoms with Gasteiger partial charge in [-0.3, -0.25) is 0 Å². The third-order valence-electron chi connectivity index (χ3n) is 2.39. The second kappa shape index (κ2) is 4.09. The predicted octanol–water partition coefficient (Wildman–Crippen LogP) is 2.55. The highest BCUT2D eigenvalue weighted by atomic mass is 79.9. The lowest BCUT2D eigenvalue weighted by Gasteiger charge is -2.14. The van der Waals surface area contributed by atoms with Gasteiger partial charge in [0, 0.05) is 27.3 Å². The molecule has 1 aliphatic heterocycles. The average molecular weight is 262 g/mol. The molecule has 0 spiro atoms. The van der Waals surface area contributed by atoms with Crippen LogP contribution in [0.4, 0.5) is 0 Å². The van der Waals surface area contributed by atoms with E-state index in [2.05, 4.69) is 27.4 Å². The van der Waals surface area contributed by atoms with Crippen LogP contribution in [0.3, 0.4) is 0 Å². The van der Waals surface area contributed by atoms with Gasteiger partial charge >= 0.3 is 0 Å². The number of hydrogen-bond acceptors (Lipinski definition) is 3. The van der Waals surface area contributed by atoms with Crippen molar-refractivity contribution in [3.05, 3.63) is 20.8 Å². The van der Waals surface area contributed by atoms with Crippen molar-refractivity contribution < 1.29 is 4.74 Å². The fourth-order valence-electron chi connectivity index (χ4n) is 1.67. The number of ether oxygens (including phenoxy) is 1. The van der Waals surface area contributed by atoms with E-state index in [1.165, 1.54) is 4.88 Å². The minimum atomic E-state index is 0.237. The zero-order valence-corrected chi connectivity index (χ0v) is 9.61. The van der Waals surface area contributed by atoms with Crippen LogP contribution in [0.2, 0.25) is 0 Å². The van der Waals surface area contributed by atoms with Crippen LogP contribution < -0.4 is 5.73 Å². The van der Waals surface area contributed by atoms with Crippen molar-refractivity contribution in [2.24, 2.45) is 11.7 Å². The first kappa shape index (κ1) is 9.65. The minimum absolute atomic E-state index is 0.237. The van der Waals surface area contributed by atoms with Crippen molar-refractivity contribution in [1.82, 2.24) is 0 Å². The van der Waals surface area contributed by atoms with Gasteiger partial charge in [0.05, 0.1) is 6.10 Å². The normalized spacial score (nSPS) is 28.2. The molecule has 2 unspecified atom stereocenters. The first-order chi connectivity index (χ1) is 6.31. The molecule has 2 heterocycles. The van der Waals surface area contributed by atoms with Crippen molar-refractivity contribution in [2.75, 3.05) is 13.2 Å². The van der Waals surface area contributed by atoms with Gasteiger partial charge in [0.15, 0.2) is 0 Å². The van der Waals surface area contributed by atoms with Gasteiger partial charge in [-0.15, -0.1) is 11.3 Å². The van der Waals surface area contributed by atoms with Crippen LogP contribution in [0, 0.1) is 5.92 Å². The highest BCUT2D eigenvalue weighted by Crippen LogP contribution is 2.37. The lowest BCUT2D eigenvalue weighted by atomic mass is 10.0. The summed E-state index contributed by atoms with van der Waals surface area (Å²) in [6.45, 7) is 1.57. The van der Waals surface area contributed by atoms with Crippen LogP contribution in [0.25, 0.3) is 0 Å². The van der Waals surface area contributed by atoms with Gasteiger partial charge in [-0.1, -0.05) is 0 Å². The van der Waals surface area contributed by atoms with E-state index in [1.807, 2.05) is 0 Å². The fraction of sp³-hybridized carbons (Fsp3) is 0.556. The van der Waals surface area contributed by atoms with Gasteiger partial charge in [0.2, 0.25) is 0 Å². The SMILES string of the molecule is NCC1CCOC1c1cc(Br)cs1. The highest BCUT2D eigenvalue weighted by Gasteiger charge is 2.29. The smallest absolute Gasteiger partial charge is 0.0958 e. The molecule has 2 N–H and O–H groups in total. The summed E-state index contributed by atoms with van der Waals surface area (Å²) in [6, 6.07) is 2.13. The standard InChI is InChI=1S/C9H12BrNOS/c10-7-3-8(13-5-7)9-6(4-11)1-2-12-9/h3,5-6,9H,1-2,4,11H2. The van der Waals surface area contributed by atoms with E-state index in [-0.39, 0.29) is 6.10 Å². The topological polar surface area (TPSA) is 35.2 Å². The molecule has 0 radical (unpaired) electrons. The van der Waals surface area contributed by atoms with E-state index in [0.717, 1.165) is 24.0 Å². The van der Waals surface area contributed by atoms with Crippen LogP contribution >= 0.6 is 27.3 Å². The molecule has 1 aliphatic rings. The summed E-state index contributed by atoms with van der Waals surface area (Å²) >= 11 is 5.18. The summed E-state index contributed by atoms with van der Waals surface area (Å²) in [5, 5.41) is 2.09. The maximum absolute atomic E-state index is 5.68. The molecule has 1 saturated heterocycles. The third kappa shape index (κ3) is 1.96. The minimum Gasteiger partial charge on any atom is -0.372 e. The van der Waals surface area contributed by atoms with Gasteiger partial charge in [-0.2, -0.15) is 0 Å². The molecule has 4 heteroatoms. The summed E-state index contributed by atoms with van der Waals surface area (Å²) in [4.78, 5) is 1.29. The van der Waals surface area contributed by atoms with Crippen molar-refractivity contribution in [2.45, 2.75) is 12.5 Å². The Labute approximate surface area is 90.2 Å². The fourth-order valence-corrected chi connectivity index (χ4v) is 3.25. The summed E-state index contributed by atoms with van der Waals surface area (Å²) in [5.41, 5.74) is 5.68. The number of rotatable bonds is 2. The highest BCUT2D eigenvalue weighted by molar-refractivity contribution is 9.10. The van der Waals surface area contributed by atoms with Crippen molar-refractivity contribution >= 4 is 27.3 Å². The van der Waals surface area contributed by atoms with Gasteiger partial charge in [0.1, 0.15) is 0 Å². The zero-order chi connectivity index (χ0) is 9.26. The molecular weight excluding hydrogens is 250 g/mol. The Balaban J connectivity index is 2.15. The van der Waals surface area contributed by atoms with Crippen LogP contribution in [0.5, 0.6) is 0 Å². The molecule has 1 fully saturated rings. The summed E-state index contributed by atoms with van der Waals surface area (Å²) in [5.74, 6) is 0.505. The Bertz CT molecular complexity index is 289. The Hall–Kier alpha value is 0.1000. The molecule has 0 saturated carbocycles. The van der Waals surface area contributed by atoms with Crippen molar-refractivity contribution in [1.29, 1.82) is 0 Å². The molecule has 0 aromatic carbocycles. The second-order valence-electron chi connectivity index (χ2n) is 3.24. The maximum Gasteiger partial charge on any atom is 0.0958 e. The molecule has 0 bridgehead atoms. The van der Waals surface area contributed by atoms with Gasteiger partial charge < -0.3 is 10.5 Å². The Kier molecular flexibility index (Phi) is 3.03. The first-order valence-electron chi connectivity index (χ1n) is 4.37. The van der Waals surface area contributed by atoms with Crippen molar-refractivity contribution in [3.63, 3.8) is 0 Å². The van der Waals surface area contributed by atoms with Crippen LogP contribution in [0.15, 0.2) is 15.9 Å². The van der Waals surface area contributed by atoms with Gasteiger partial charge in [0.25, 0.3) is 0 Å². The van der Waals surface area contributed by atoms with Gasteiger partial charge in [-0.05, 0) is 35.0 Å². The van der Waals surface area contributed by atoms with Crippen LogP contribution in [-0.2, 0) is 4.74 Å². The summed E-state index contributed by atoms with van der Waals surface area (Å²) in [6.07, 6.45) is 1.33. The zero-order valence-electron chi connectivity index (χ0n) is 7.20. The van der Waals surface area contributed by atoms with Crippen molar-refractivity contribution in [3.8, 4) is 0 Å². The Morgan fingerprint density at radius 2 is 2.54 bits per heavy atom. The molecule has 72 valence electrons. The molecule has 1 aromatic heterocycles. The number of halogens is 1. The number of thiophene rings is 1. The quantitative estimate of drug-likeness (QED) is 0.889. The van der Waals surface area contributed by atoms with Crippen LogP contribution in [-0.4, -0.2) is 13.2 Å². The van der Waals surface area contributed by atoms with E-state index in [0.29, 0.717) is 5.92 Å².